The molecule has 2 fully saturated rings. The Balaban J connectivity index is 1.97. The average molecular weight is 289 g/mol. The number of ether oxygens (including phenoxy) is 1. The highest BCUT2D eigenvalue weighted by atomic mass is 16.5. The molecule has 4 heteroatoms. The first kappa shape index (κ1) is 14.5. The molecule has 2 heterocycles. The number of aryl methyl sites for hydroxylation is 1. The van der Waals surface area contributed by atoms with Crippen LogP contribution in [0.2, 0.25) is 0 Å². The van der Waals surface area contributed by atoms with E-state index in [2.05, 4.69) is 36.1 Å². The van der Waals surface area contributed by atoms with Crippen LogP contribution in [-0.4, -0.2) is 48.3 Å². The zero-order valence-electron chi connectivity index (χ0n) is 12.8. The van der Waals surface area contributed by atoms with Crippen molar-refractivity contribution in [1.29, 1.82) is 0 Å². The number of hydrogen-bond acceptors (Lipinski definition) is 4. The molecule has 0 amide bonds. The number of fused-ring (bicyclic) bond motifs is 2. The number of rotatable bonds is 2. The van der Waals surface area contributed by atoms with Crippen molar-refractivity contribution in [3.63, 3.8) is 0 Å². The smallest absolute Gasteiger partial charge is 0.310 e. The number of nitrogens with zero attached hydrogens (tertiary/aromatic N) is 1. The third-order valence-electron chi connectivity index (χ3n) is 5.30. The number of likely N-dealkylation sites (N-methyl/N-ethyl adjacent to an activating group) is 1. The standard InChI is InChI=1S/C17H23NO3/c1-10-4-6-11(7-5-10)12-8-13-15(19)9-14(18(13)2)16(12)17(20)21-3/h4-7,12-16,19H,8-9H2,1-3H3/t12-,13+,14?,15-,16-/m1/s1. The first-order valence-electron chi connectivity index (χ1n) is 7.57. The summed E-state index contributed by atoms with van der Waals surface area (Å²) in [5, 5.41) is 10.3. The number of piperidine rings is 1. The molecule has 1 N–H and O–H groups in total. The SMILES string of the molecule is COC(=O)[C@H]1C2C[C@@H](O)[C@H](C[C@@H]1c1ccc(C)cc1)N2C. The Morgan fingerprint density at radius 3 is 2.52 bits per heavy atom. The van der Waals surface area contributed by atoms with Crippen LogP contribution >= 0.6 is 0 Å². The van der Waals surface area contributed by atoms with Crippen molar-refractivity contribution in [2.45, 2.75) is 43.9 Å². The topological polar surface area (TPSA) is 49.8 Å². The van der Waals surface area contributed by atoms with Gasteiger partial charge >= 0.3 is 5.97 Å². The number of esters is 1. The zero-order chi connectivity index (χ0) is 15.1. The van der Waals surface area contributed by atoms with E-state index in [4.69, 9.17) is 4.74 Å². The quantitative estimate of drug-likeness (QED) is 0.842. The lowest BCUT2D eigenvalue weighted by atomic mass is 9.76. The third kappa shape index (κ3) is 2.36. The fourth-order valence-electron chi connectivity index (χ4n) is 4.10. The van der Waals surface area contributed by atoms with E-state index in [9.17, 15) is 9.90 Å². The van der Waals surface area contributed by atoms with E-state index in [0.29, 0.717) is 6.42 Å². The minimum atomic E-state index is -0.345. The Bertz CT molecular complexity index is 527. The Morgan fingerprint density at radius 2 is 1.90 bits per heavy atom. The van der Waals surface area contributed by atoms with Gasteiger partial charge in [-0.25, -0.2) is 0 Å². The third-order valence-corrected chi connectivity index (χ3v) is 5.30. The van der Waals surface area contributed by atoms with E-state index < -0.39 is 0 Å². The van der Waals surface area contributed by atoms with Crippen LogP contribution in [0.5, 0.6) is 0 Å². The van der Waals surface area contributed by atoms with Gasteiger partial charge in [0, 0.05) is 18.0 Å². The molecule has 0 radical (unpaired) electrons. The maximum atomic E-state index is 12.3. The second-order valence-electron chi connectivity index (χ2n) is 6.41. The summed E-state index contributed by atoms with van der Waals surface area (Å²) in [5.74, 6) is -0.234. The van der Waals surface area contributed by atoms with E-state index in [1.165, 1.54) is 18.2 Å². The van der Waals surface area contributed by atoms with Crippen molar-refractivity contribution in [2.24, 2.45) is 5.92 Å². The summed E-state index contributed by atoms with van der Waals surface area (Å²) in [6.45, 7) is 2.06. The molecular weight excluding hydrogens is 266 g/mol. The van der Waals surface area contributed by atoms with Crippen LogP contribution in [0, 0.1) is 12.8 Å². The largest absolute Gasteiger partial charge is 0.469 e. The Morgan fingerprint density at radius 1 is 1.24 bits per heavy atom. The molecule has 1 aromatic carbocycles. The number of carbonyl (C=O) groups is 1. The molecule has 3 rings (SSSR count). The first-order chi connectivity index (χ1) is 10.0. The molecule has 1 unspecified atom stereocenters. The summed E-state index contributed by atoms with van der Waals surface area (Å²) in [6, 6.07) is 8.58. The fraction of sp³-hybridized carbons (Fsp3) is 0.588. The van der Waals surface area contributed by atoms with Gasteiger partial charge in [-0.2, -0.15) is 0 Å². The van der Waals surface area contributed by atoms with E-state index >= 15 is 0 Å². The zero-order valence-corrected chi connectivity index (χ0v) is 12.8. The normalized spacial score (nSPS) is 35.7. The molecular formula is C17H23NO3. The van der Waals surface area contributed by atoms with Crippen LogP contribution in [0.4, 0.5) is 0 Å². The Kier molecular flexibility index (Phi) is 3.76. The summed E-state index contributed by atoms with van der Waals surface area (Å²) < 4.78 is 5.05. The molecule has 0 aromatic heterocycles. The van der Waals surface area contributed by atoms with Crippen LogP contribution in [0.3, 0.4) is 0 Å². The number of benzene rings is 1. The van der Waals surface area contributed by atoms with Crippen molar-refractivity contribution >= 4 is 5.97 Å². The lowest BCUT2D eigenvalue weighted by molar-refractivity contribution is -0.150. The summed E-state index contributed by atoms with van der Waals surface area (Å²) in [6.07, 6.45) is 1.11. The van der Waals surface area contributed by atoms with E-state index in [1.54, 1.807) is 0 Å². The molecule has 4 nitrogen and oxygen atoms in total. The molecule has 114 valence electrons. The molecule has 0 saturated carbocycles. The molecule has 2 saturated heterocycles. The molecule has 5 atom stereocenters. The number of aliphatic hydroxyl groups is 1. The number of methoxy groups -OCH3 is 1. The Labute approximate surface area is 125 Å². The van der Waals surface area contributed by atoms with Gasteiger partial charge in [0.1, 0.15) is 0 Å². The molecule has 2 aliphatic heterocycles. The van der Waals surface area contributed by atoms with Crippen LogP contribution in [0.15, 0.2) is 24.3 Å². The van der Waals surface area contributed by atoms with Crippen LogP contribution in [-0.2, 0) is 9.53 Å². The van der Waals surface area contributed by atoms with Gasteiger partial charge in [0.25, 0.3) is 0 Å². The van der Waals surface area contributed by atoms with Crippen molar-refractivity contribution in [2.75, 3.05) is 14.2 Å². The Hall–Kier alpha value is -1.39. The monoisotopic (exact) mass is 289 g/mol. The van der Waals surface area contributed by atoms with Gasteiger partial charge in [-0.05, 0) is 32.4 Å². The van der Waals surface area contributed by atoms with E-state index in [1.807, 2.05) is 7.05 Å². The predicted molar refractivity (Wildman–Crippen MR) is 80.0 cm³/mol. The van der Waals surface area contributed by atoms with Crippen molar-refractivity contribution < 1.29 is 14.6 Å². The summed E-state index contributed by atoms with van der Waals surface area (Å²) in [4.78, 5) is 14.5. The van der Waals surface area contributed by atoms with Gasteiger partial charge in [-0.3, -0.25) is 9.69 Å². The molecule has 2 bridgehead atoms. The van der Waals surface area contributed by atoms with Crippen molar-refractivity contribution in [1.82, 2.24) is 4.90 Å². The lowest BCUT2D eigenvalue weighted by Gasteiger charge is -2.41. The summed E-state index contributed by atoms with van der Waals surface area (Å²) in [7, 11) is 3.46. The van der Waals surface area contributed by atoms with E-state index in [0.717, 1.165) is 6.42 Å². The van der Waals surface area contributed by atoms with Gasteiger partial charge in [0.2, 0.25) is 0 Å². The average Bonchev–Trinajstić information content (AvgIpc) is 2.66. The summed E-state index contributed by atoms with van der Waals surface area (Å²) in [5.41, 5.74) is 2.39. The molecule has 2 aliphatic rings. The first-order valence-corrected chi connectivity index (χ1v) is 7.57. The molecule has 1 aromatic rings. The van der Waals surface area contributed by atoms with Crippen LogP contribution < -0.4 is 0 Å². The minimum Gasteiger partial charge on any atom is -0.469 e. The lowest BCUT2D eigenvalue weighted by Crippen LogP contribution is -2.49. The highest BCUT2D eigenvalue weighted by molar-refractivity contribution is 5.75. The second kappa shape index (κ2) is 5.43. The molecule has 0 aliphatic carbocycles. The number of carbonyl (C=O) groups excluding carboxylic acids is 1. The van der Waals surface area contributed by atoms with Crippen LogP contribution in [0.1, 0.15) is 29.9 Å². The predicted octanol–water partition coefficient (Wildman–Crippen LogP) is 1.71. The highest BCUT2D eigenvalue weighted by Gasteiger charge is 2.53. The van der Waals surface area contributed by atoms with Gasteiger partial charge in [-0.1, -0.05) is 29.8 Å². The van der Waals surface area contributed by atoms with Gasteiger partial charge in [0.15, 0.2) is 0 Å². The maximum absolute atomic E-state index is 12.3. The summed E-state index contributed by atoms with van der Waals surface area (Å²) >= 11 is 0. The van der Waals surface area contributed by atoms with Gasteiger partial charge in [0.05, 0.1) is 19.1 Å². The number of hydrogen-bond donors (Lipinski definition) is 1. The second-order valence-corrected chi connectivity index (χ2v) is 6.41. The van der Waals surface area contributed by atoms with Gasteiger partial charge in [-0.15, -0.1) is 0 Å². The van der Waals surface area contributed by atoms with E-state index in [-0.39, 0.29) is 36.0 Å². The van der Waals surface area contributed by atoms with Crippen molar-refractivity contribution in [3.8, 4) is 0 Å². The maximum Gasteiger partial charge on any atom is 0.310 e. The molecule has 0 spiro atoms. The highest BCUT2D eigenvalue weighted by Crippen LogP contribution is 2.46. The minimum absolute atomic E-state index is 0.0671. The van der Waals surface area contributed by atoms with Crippen molar-refractivity contribution in [3.05, 3.63) is 35.4 Å². The van der Waals surface area contributed by atoms with Gasteiger partial charge < -0.3 is 9.84 Å². The number of aliphatic hydroxyl groups excluding tert-OH is 1. The molecule has 21 heavy (non-hydrogen) atoms. The van der Waals surface area contributed by atoms with Crippen LogP contribution in [0.25, 0.3) is 0 Å². The fourth-order valence-corrected chi connectivity index (χ4v) is 4.10.